The Morgan fingerprint density at radius 1 is 0.667 bits per heavy atom. The largest absolute Gasteiger partial charge is 1.00 e. The van der Waals surface area contributed by atoms with E-state index < -0.39 is 15.6 Å². The Morgan fingerprint density at radius 2 is 1.07 bits per heavy atom. The summed E-state index contributed by atoms with van der Waals surface area (Å²) in [6.07, 6.45) is 2.00. The first-order chi connectivity index (χ1) is 19.6. The van der Waals surface area contributed by atoms with Crippen molar-refractivity contribution in [3.63, 3.8) is 0 Å². The molecule has 2 nitrogen and oxygen atoms in total. The molecule has 4 aromatic rings. The maximum Gasteiger partial charge on any atom is 0.191 e. The van der Waals surface area contributed by atoms with Gasteiger partial charge in [-0.15, -0.1) is 0 Å². The summed E-state index contributed by atoms with van der Waals surface area (Å²) < 4.78 is 13.5. The average molecular weight is 711 g/mol. The van der Waals surface area contributed by atoms with Crippen molar-refractivity contribution in [2.45, 2.75) is 65.0 Å². The van der Waals surface area contributed by atoms with Crippen LogP contribution in [0, 0.1) is 5.92 Å². The third-order valence-electron chi connectivity index (χ3n) is 8.77. The van der Waals surface area contributed by atoms with Gasteiger partial charge >= 0.3 is 0 Å². The predicted octanol–water partition coefficient (Wildman–Crippen LogP) is 5.62. The summed E-state index contributed by atoms with van der Waals surface area (Å²) in [7, 11) is -3.81. The van der Waals surface area contributed by atoms with Gasteiger partial charge in [-0.25, -0.2) is 0 Å². The molecule has 0 bridgehead atoms. The maximum atomic E-state index is 6.80. The Bertz CT molecular complexity index is 1220. The number of ether oxygens (including phenoxy) is 1. The van der Waals surface area contributed by atoms with Gasteiger partial charge in [0.1, 0.15) is 23.2 Å². The van der Waals surface area contributed by atoms with Gasteiger partial charge in [-0.3, -0.25) is 0 Å². The molecule has 224 valence electrons. The van der Waals surface area contributed by atoms with Gasteiger partial charge in [0.25, 0.3) is 0 Å². The fraction of sp³-hybridized carbons (Fsp3) is 0.351. The molecule has 4 rings (SSSR count). The van der Waals surface area contributed by atoms with E-state index in [0.717, 1.165) is 19.2 Å². The third-order valence-corrected chi connectivity index (χ3v) is 18.0. The minimum Gasteiger partial charge on any atom is -1.00 e. The molecule has 0 saturated heterocycles. The molecule has 4 aromatic carbocycles. The minimum atomic E-state index is -1.96. The molecule has 0 amide bonds. The van der Waals surface area contributed by atoms with Crippen LogP contribution in [0.25, 0.3) is 0 Å². The molecule has 0 saturated carbocycles. The maximum absolute atomic E-state index is 6.80. The van der Waals surface area contributed by atoms with Gasteiger partial charge in [0, 0.05) is 12.5 Å². The van der Waals surface area contributed by atoms with Gasteiger partial charge < -0.3 is 33.1 Å². The first-order valence-electron chi connectivity index (χ1n) is 15.0. The lowest BCUT2D eigenvalue weighted by Gasteiger charge is -2.37. The molecule has 0 fully saturated rings. The summed E-state index contributed by atoms with van der Waals surface area (Å²) in [4.78, 5) is 0. The molecule has 0 spiro atoms. The first kappa shape index (κ1) is 34.7. The lowest BCUT2D eigenvalue weighted by molar-refractivity contribution is -0.00220. The quantitative estimate of drug-likeness (QED) is 0.102. The monoisotopic (exact) mass is 710 g/mol. The molecule has 0 aromatic heterocycles. The Kier molecular flexibility index (Phi) is 13.0. The van der Waals surface area contributed by atoms with Crippen LogP contribution in [0.4, 0.5) is 0 Å². The highest BCUT2D eigenvalue weighted by molar-refractivity contribution is 7.95. The molecular formula is C37H48IO2PSi. The van der Waals surface area contributed by atoms with Crippen LogP contribution in [0.3, 0.4) is 0 Å². The summed E-state index contributed by atoms with van der Waals surface area (Å²) >= 11 is 0. The van der Waals surface area contributed by atoms with E-state index in [1.165, 1.54) is 21.5 Å². The second-order valence-corrected chi connectivity index (χ2v) is 21.1. The van der Waals surface area contributed by atoms with Crippen molar-refractivity contribution in [2.24, 2.45) is 5.92 Å². The van der Waals surface area contributed by atoms with E-state index in [4.69, 9.17) is 9.16 Å². The van der Waals surface area contributed by atoms with Gasteiger partial charge in [-0.2, -0.15) is 0 Å². The third kappa shape index (κ3) is 8.63. The number of benzene rings is 4. The standard InChI is InChI=1S/C37H48O2PSi.HI/c1-31(36(38-29-32-19-11-7-12-20-32)27-28-39-41(5,6)37(2,3)4)30-40(33-21-13-8-14-22-33,34-23-15-9-16-24-34)35-25-17-10-18-26-35;/h7-26,31,36H,27-30H2,1-6H3;1H/q+1;/p-1/t31-,36+;/m0./s1. The average Bonchev–Trinajstić information content (AvgIpc) is 2.99. The molecule has 0 aliphatic carbocycles. The molecule has 0 aliphatic rings. The van der Waals surface area contributed by atoms with Crippen molar-refractivity contribution in [2.75, 3.05) is 12.8 Å². The molecule has 5 heteroatoms. The fourth-order valence-electron chi connectivity index (χ4n) is 5.32. The van der Waals surface area contributed by atoms with Crippen LogP contribution in [0.5, 0.6) is 0 Å². The zero-order valence-electron chi connectivity index (χ0n) is 26.2. The van der Waals surface area contributed by atoms with Crippen LogP contribution in [0.2, 0.25) is 18.1 Å². The van der Waals surface area contributed by atoms with Crippen molar-refractivity contribution in [1.29, 1.82) is 0 Å². The van der Waals surface area contributed by atoms with Crippen LogP contribution in [0.1, 0.15) is 39.7 Å². The van der Waals surface area contributed by atoms with E-state index in [0.29, 0.717) is 12.5 Å². The highest BCUT2D eigenvalue weighted by Crippen LogP contribution is 2.57. The van der Waals surface area contributed by atoms with Crippen molar-refractivity contribution in [1.82, 2.24) is 0 Å². The van der Waals surface area contributed by atoms with Gasteiger partial charge in [0.05, 0.1) is 18.9 Å². The molecule has 2 atom stereocenters. The lowest BCUT2D eigenvalue weighted by atomic mass is 10.0. The van der Waals surface area contributed by atoms with Crippen LogP contribution < -0.4 is 39.9 Å². The molecule has 0 radical (unpaired) electrons. The Balaban J connectivity index is 0.00000484. The Labute approximate surface area is 273 Å². The first-order valence-corrected chi connectivity index (χ1v) is 19.9. The number of halogens is 1. The fourth-order valence-corrected chi connectivity index (χ4v) is 11.0. The summed E-state index contributed by atoms with van der Waals surface area (Å²) in [5.74, 6) is 0.315. The minimum absolute atomic E-state index is 0. The van der Waals surface area contributed by atoms with E-state index in [-0.39, 0.29) is 35.1 Å². The highest BCUT2D eigenvalue weighted by Gasteiger charge is 2.47. The second-order valence-electron chi connectivity index (χ2n) is 12.7. The smallest absolute Gasteiger partial charge is 0.191 e. The summed E-state index contributed by atoms with van der Waals surface area (Å²) in [5.41, 5.74) is 1.21. The van der Waals surface area contributed by atoms with Crippen LogP contribution in [-0.2, 0) is 15.8 Å². The topological polar surface area (TPSA) is 18.5 Å². The lowest BCUT2D eigenvalue weighted by Crippen LogP contribution is -3.00. The normalized spacial score (nSPS) is 13.7. The van der Waals surface area contributed by atoms with E-state index >= 15 is 0 Å². The summed E-state index contributed by atoms with van der Waals surface area (Å²) in [6.45, 7) is 15.3. The molecule has 0 heterocycles. The molecule has 0 unspecified atom stereocenters. The summed E-state index contributed by atoms with van der Waals surface area (Å²) in [6, 6.07) is 44.1. The molecule has 0 N–H and O–H groups in total. The van der Waals surface area contributed by atoms with Crippen LogP contribution in [-0.4, -0.2) is 27.2 Å². The van der Waals surface area contributed by atoms with Gasteiger partial charge in [0.2, 0.25) is 0 Å². The van der Waals surface area contributed by atoms with Gasteiger partial charge in [0.15, 0.2) is 8.32 Å². The Morgan fingerprint density at radius 3 is 1.48 bits per heavy atom. The van der Waals surface area contributed by atoms with Crippen molar-refractivity contribution in [3.05, 3.63) is 127 Å². The van der Waals surface area contributed by atoms with E-state index in [2.05, 4.69) is 162 Å². The highest BCUT2D eigenvalue weighted by atomic mass is 127. The predicted molar refractivity (Wildman–Crippen MR) is 182 cm³/mol. The van der Waals surface area contributed by atoms with Gasteiger partial charge in [-0.05, 0) is 66.5 Å². The number of hydrogen-bond donors (Lipinski definition) is 0. The van der Waals surface area contributed by atoms with Crippen molar-refractivity contribution in [3.8, 4) is 0 Å². The SMILES string of the molecule is C[C@@H](C[P+](c1ccccc1)(c1ccccc1)c1ccccc1)[C@@H](CCO[Si](C)(C)C(C)(C)C)OCc1ccccc1.[I-]. The second kappa shape index (κ2) is 15.8. The van der Waals surface area contributed by atoms with Crippen molar-refractivity contribution < 1.29 is 33.1 Å². The van der Waals surface area contributed by atoms with Gasteiger partial charge in [-0.1, -0.05) is 113 Å². The van der Waals surface area contributed by atoms with Crippen molar-refractivity contribution >= 4 is 31.5 Å². The van der Waals surface area contributed by atoms with Crippen LogP contribution >= 0.6 is 7.26 Å². The molecule has 42 heavy (non-hydrogen) atoms. The Hall–Kier alpha value is -1.82. The van der Waals surface area contributed by atoms with Crippen LogP contribution in [0.15, 0.2) is 121 Å². The zero-order chi connectivity index (χ0) is 29.3. The van der Waals surface area contributed by atoms with E-state index in [9.17, 15) is 0 Å². The number of rotatable bonds is 13. The van der Waals surface area contributed by atoms with E-state index in [1.807, 2.05) is 0 Å². The number of hydrogen-bond acceptors (Lipinski definition) is 2. The molecule has 0 aliphatic heterocycles. The summed E-state index contributed by atoms with van der Waals surface area (Å²) in [5, 5.41) is 4.45. The van der Waals surface area contributed by atoms with E-state index in [1.54, 1.807) is 0 Å². The molecular weight excluding hydrogens is 662 g/mol. The zero-order valence-corrected chi connectivity index (χ0v) is 30.2.